The number of hydrogen-bond acceptors (Lipinski definition) is 4. The number of fused-ring (bicyclic) bond motifs is 1. The van der Waals surface area contributed by atoms with Crippen LogP contribution in [-0.4, -0.2) is 22.6 Å². The maximum Gasteiger partial charge on any atom is 0.356 e. The minimum atomic E-state index is -0.310. The van der Waals surface area contributed by atoms with E-state index in [-0.39, 0.29) is 5.97 Å². The summed E-state index contributed by atoms with van der Waals surface area (Å²) in [6.07, 6.45) is 10.6. The predicted octanol–water partition coefficient (Wildman–Crippen LogP) is 3.49. The molecule has 5 heteroatoms. The zero-order chi connectivity index (χ0) is 14.1. The minimum absolute atomic E-state index is 0.310. The lowest BCUT2D eigenvalue weighted by atomic mass is 9.68. The van der Waals surface area contributed by atoms with Crippen molar-refractivity contribution in [3.63, 3.8) is 0 Å². The number of carbonyl (C=O) groups excluding carboxylic acids is 1. The highest BCUT2D eigenvalue weighted by atomic mass is 32.1. The van der Waals surface area contributed by atoms with Crippen molar-refractivity contribution in [2.24, 2.45) is 11.8 Å². The maximum absolute atomic E-state index is 11.9. The number of imidazole rings is 1. The van der Waals surface area contributed by atoms with Gasteiger partial charge in [-0.3, -0.25) is 0 Å². The van der Waals surface area contributed by atoms with Gasteiger partial charge in [-0.25, -0.2) is 9.78 Å². The molecule has 2 fully saturated rings. The topological polar surface area (TPSA) is 44.1 Å². The SMILES string of the molecule is COC(=O)c1cnc(S)n1C1CCCC2CCCCC21. The van der Waals surface area contributed by atoms with E-state index in [9.17, 15) is 4.79 Å². The van der Waals surface area contributed by atoms with Crippen LogP contribution in [0.15, 0.2) is 11.4 Å². The maximum atomic E-state index is 11.9. The van der Waals surface area contributed by atoms with Crippen LogP contribution in [0.3, 0.4) is 0 Å². The summed E-state index contributed by atoms with van der Waals surface area (Å²) in [5, 5.41) is 0.640. The van der Waals surface area contributed by atoms with Crippen LogP contribution in [0.2, 0.25) is 0 Å². The molecule has 1 aromatic rings. The molecule has 0 N–H and O–H groups in total. The molecule has 0 saturated heterocycles. The number of thiol groups is 1. The second-order valence-electron chi connectivity index (χ2n) is 6.01. The van der Waals surface area contributed by atoms with Gasteiger partial charge >= 0.3 is 5.97 Å². The molecule has 20 heavy (non-hydrogen) atoms. The van der Waals surface area contributed by atoms with Gasteiger partial charge in [-0.05, 0) is 24.7 Å². The van der Waals surface area contributed by atoms with E-state index in [1.807, 2.05) is 4.57 Å². The van der Waals surface area contributed by atoms with Crippen LogP contribution >= 0.6 is 12.6 Å². The Morgan fingerprint density at radius 1 is 1.30 bits per heavy atom. The molecule has 2 aliphatic carbocycles. The van der Waals surface area contributed by atoms with Gasteiger partial charge in [-0.15, -0.1) is 12.6 Å². The summed E-state index contributed by atoms with van der Waals surface area (Å²) in [7, 11) is 1.42. The molecule has 1 aromatic heterocycles. The first-order valence-electron chi connectivity index (χ1n) is 7.57. The average molecular weight is 294 g/mol. The number of nitrogens with zero attached hydrogens (tertiary/aromatic N) is 2. The highest BCUT2D eigenvalue weighted by Crippen LogP contribution is 2.47. The molecule has 110 valence electrons. The summed E-state index contributed by atoms with van der Waals surface area (Å²) in [4.78, 5) is 16.2. The summed E-state index contributed by atoms with van der Waals surface area (Å²) < 4.78 is 6.91. The third kappa shape index (κ3) is 2.36. The number of ether oxygens (including phenoxy) is 1. The third-order valence-corrected chi connectivity index (χ3v) is 5.37. The van der Waals surface area contributed by atoms with Crippen LogP contribution in [0.1, 0.15) is 61.5 Å². The normalized spacial score (nSPS) is 29.8. The van der Waals surface area contributed by atoms with Crippen molar-refractivity contribution in [3.8, 4) is 0 Å². The van der Waals surface area contributed by atoms with Crippen molar-refractivity contribution >= 4 is 18.6 Å². The molecule has 0 radical (unpaired) electrons. The smallest absolute Gasteiger partial charge is 0.356 e. The average Bonchev–Trinajstić information content (AvgIpc) is 2.87. The Kier molecular flexibility index (Phi) is 4.06. The highest BCUT2D eigenvalue weighted by Gasteiger charge is 2.37. The molecule has 0 bridgehead atoms. The van der Waals surface area contributed by atoms with Crippen molar-refractivity contribution in [1.82, 2.24) is 9.55 Å². The Labute approximate surface area is 125 Å². The summed E-state index contributed by atoms with van der Waals surface area (Å²) in [6.45, 7) is 0. The van der Waals surface area contributed by atoms with Crippen LogP contribution in [0.25, 0.3) is 0 Å². The van der Waals surface area contributed by atoms with Crippen LogP contribution in [-0.2, 0) is 4.74 Å². The molecular formula is C15H22N2O2S. The number of hydrogen-bond donors (Lipinski definition) is 1. The van der Waals surface area contributed by atoms with Gasteiger partial charge in [0.25, 0.3) is 0 Å². The summed E-state index contributed by atoms with van der Waals surface area (Å²) >= 11 is 4.46. The van der Waals surface area contributed by atoms with E-state index in [1.54, 1.807) is 6.20 Å². The van der Waals surface area contributed by atoms with Crippen molar-refractivity contribution in [2.45, 2.75) is 56.1 Å². The lowest BCUT2D eigenvalue weighted by Crippen LogP contribution is -2.34. The fraction of sp³-hybridized carbons (Fsp3) is 0.733. The van der Waals surface area contributed by atoms with Gasteiger partial charge < -0.3 is 9.30 Å². The number of rotatable bonds is 2. The van der Waals surface area contributed by atoms with Gasteiger partial charge in [-0.1, -0.05) is 32.1 Å². The lowest BCUT2D eigenvalue weighted by molar-refractivity contribution is 0.0559. The van der Waals surface area contributed by atoms with Gasteiger partial charge in [0, 0.05) is 6.04 Å². The zero-order valence-electron chi connectivity index (χ0n) is 11.9. The monoisotopic (exact) mass is 294 g/mol. The summed E-state index contributed by atoms with van der Waals surface area (Å²) in [6, 6.07) is 0.359. The van der Waals surface area contributed by atoms with E-state index >= 15 is 0 Å². The Balaban J connectivity index is 1.94. The first-order chi connectivity index (χ1) is 9.72. The van der Waals surface area contributed by atoms with Crippen LogP contribution in [0.4, 0.5) is 0 Å². The van der Waals surface area contributed by atoms with Crippen molar-refractivity contribution in [1.29, 1.82) is 0 Å². The van der Waals surface area contributed by atoms with Crippen molar-refractivity contribution in [2.75, 3.05) is 7.11 Å². The zero-order valence-corrected chi connectivity index (χ0v) is 12.8. The molecule has 2 aliphatic rings. The molecule has 0 spiro atoms. The molecule has 4 nitrogen and oxygen atoms in total. The first kappa shape index (κ1) is 14.0. The van der Waals surface area contributed by atoms with Gasteiger partial charge in [-0.2, -0.15) is 0 Å². The standard InChI is InChI=1S/C15H22N2O2S/c1-19-14(18)13-9-16-15(20)17(13)12-8-4-6-10-5-2-3-7-11(10)12/h9-12H,2-8H2,1H3,(H,16,20). The largest absolute Gasteiger partial charge is 0.464 e. The first-order valence-corrected chi connectivity index (χ1v) is 8.01. The minimum Gasteiger partial charge on any atom is -0.464 e. The van der Waals surface area contributed by atoms with Crippen molar-refractivity contribution < 1.29 is 9.53 Å². The Hall–Kier alpha value is -0.970. The molecule has 2 saturated carbocycles. The van der Waals surface area contributed by atoms with E-state index in [4.69, 9.17) is 4.74 Å². The molecule has 0 amide bonds. The van der Waals surface area contributed by atoms with E-state index in [2.05, 4.69) is 17.6 Å². The van der Waals surface area contributed by atoms with E-state index in [0.29, 0.717) is 22.8 Å². The number of aromatic nitrogens is 2. The summed E-state index contributed by atoms with van der Waals surface area (Å²) in [5.74, 6) is 1.17. The molecule has 3 rings (SSSR count). The van der Waals surface area contributed by atoms with Gasteiger partial charge in [0.1, 0.15) is 5.69 Å². The fourth-order valence-corrected chi connectivity index (χ4v) is 4.47. The van der Waals surface area contributed by atoms with Crippen LogP contribution in [0, 0.1) is 11.8 Å². The molecular weight excluding hydrogens is 272 g/mol. The number of esters is 1. The number of methoxy groups -OCH3 is 1. The Morgan fingerprint density at radius 2 is 2.05 bits per heavy atom. The highest BCUT2D eigenvalue weighted by molar-refractivity contribution is 7.80. The van der Waals surface area contributed by atoms with E-state index in [0.717, 1.165) is 12.3 Å². The molecule has 0 aliphatic heterocycles. The van der Waals surface area contributed by atoms with E-state index < -0.39 is 0 Å². The molecule has 3 atom stereocenters. The molecule has 0 aromatic carbocycles. The Bertz CT molecular complexity index is 498. The molecule has 3 unspecified atom stereocenters. The van der Waals surface area contributed by atoms with Crippen LogP contribution in [0.5, 0.6) is 0 Å². The predicted molar refractivity (Wildman–Crippen MR) is 79.2 cm³/mol. The van der Waals surface area contributed by atoms with Crippen molar-refractivity contribution in [3.05, 3.63) is 11.9 Å². The van der Waals surface area contributed by atoms with E-state index in [1.165, 1.54) is 45.6 Å². The summed E-state index contributed by atoms with van der Waals surface area (Å²) in [5.41, 5.74) is 0.550. The third-order valence-electron chi connectivity index (χ3n) is 5.04. The van der Waals surface area contributed by atoms with Crippen LogP contribution < -0.4 is 0 Å². The Morgan fingerprint density at radius 3 is 2.85 bits per heavy atom. The molecule has 1 heterocycles. The number of carbonyl (C=O) groups is 1. The van der Waals surface area contributed by atoms with Gasteiger partial charge in [0.2, 0.25) is 0 Å². The van der Waals surface area contributed by atoms with Gasteiger partial charge in [0.05, 0.1) is 13.3 Å². The lowest BCUT2D eigenvalue weighted by Gasteiger charge is -2.42. The second kappa shape index (κ2) is 5.80. The quantitative estimate of drug-likeness (QED) is 0.671. The van der Waals surface area contributed by atoms with Gasteiger partial charge in [0.15, 0.2) is 5.16 Å². The second-order valence-corrected chi connectivity index (χ2v) is 6.41. The fourth-order valence-electron chi connectivity index (χ4n) is 4.16.